The number of aromatic nitrogens is 1. The van der Waals surface area contributed by atoms with Crippen LogP contribution in [0.2, 0.25) is 0 Å². The number of nitrogens with zero attached hydrogens (tertiary/aromatic N) is 2. The van der Waals surface area contributed by atoms with E-state index in [1.54, 1.807) is 0 Å². The molecule has 2 heterocycles. The SMILES string of the molecule is CNc1ccccc1N.O=Cc1cc2ccc(N3CCNCC3)c(C3CC3)c2cn1. The van der Waals surface area contributed by atoms with Crippen LogP contribution >= 0.6 is 0 Å². The average molecular weight is 404 g/mol. The van der Waals surface area contributed by atoms with Crippen molar-refractivity contribution >= 4 is 34.1 Å². The van der Waals surface area contributed by atoms with Gasteiger partial charge in [0.2, 0.25) is 0 Å². The molecule has 1 aliphatic heterocycles. The monoisotopic (exact) mass is 403 g/mol. The van der Waals surface area contributed by atoms with Crippen molar-refractivity contribution in [1.29, 1.82) is 0 Å². The van der Waals surface area contributed by atoms with E-state index >= 15 is 0 Å². The van der Waals surface area contributed by atoms with Crippen molar-refractivity contribution in [3.63, 3.8) is 0 Å². The number of nitrogens with one attached hydrogen (secondary N) is 2. The Bertz CT molecular complexity index is 1030. The Kier molecular flexibility index (Phi) is 6.14. The molecule has 0 spiro atoms. The lowest BCUT2D eigenvalue weighted by molar-refractivity contribution is 0.111. The molecule has 0 atom stereocenters. The van der Waals surface area contributed by atoms with Gasteiger partial charge in [0.05, 0.1) is 11.4 Å². The van der Waals surface area contributed by atoms with Crippen molar-refractivity contribution in [3.8, 4) is 0 Å². The summed E-state index contributed by atoms with van der Waals surface area (Å²) in [6.07, 6.45) is 5.25. The molecule has 6 nitrogen and oxygen atoms in total. The predicted molar refractivity (Wildman–Crippen MR) is 125 cm³/mol. The average Bonchev–Trinajstić information content (AvgIpc) is 3.64. The van der Waals surface area contributed by atoms with E-state index in [4.69, 9.17) is 5.73 Å². The van der Waals surface area contributed by atoms with Crippen LogP contribution in [-0.4, -0.2) is 44.5 Å². The molecule has 0 radical (unpaired) electrons. The van der Waals surface area contributed by atoms with E-state index < -0.39 is 0 Å². The Labute approximate surface area is 177 Å². The van der Waals surface area contributed by atoms with Crippen LogP contribution in [0, 0.1) is 0 Å². The highest BCUT2D eigenvalue weighted by Gasteiger charge is 2.30. The highest BCUT2D eigenvalue weighted by Crippen LogP contribution is 2.47. The molecule has 0 bridgehead atoms. The summed E-state index contributed by atoms with van der Waals surface area (Å²) >= 11 is 0. The third-order valence-electron chi connectivity index (χ3n) is 5.74. The molecule has 5 rings (SSSR count). The molecule has 0 unspecified atom stereocenters. The molecule has 2 fully saturated rings. The van der Waals surface area contributed by atoms with Crippen molar-refractivity contribution < 1.29 is 4.79 Å². The molecular formula is C24H29N5O. The zero-order valence-electron chi connectivity index (χ0n) is 17.4. The summed E-state index contributed by atoms with van der Waals surface area (Å²) in [5.74, 6) is 0.669. The van der Waals surface area contributed by atoms with Gasteiger partial charge in [-0.15, -0.1) is 0 Å². The van der Waals surface area contributed by atoms with Gasteiger partial charge in [-0.25, -0.2) is 0 Å². The summed E-state index contributed by atoms with van der Waals surface area (Å²) in [5.41, 5.74) is 10.7. The first kappa shape index (κ1) is 20.2. The minimum absolute atomic E-state index is 0.513. The highest BCUT2D eigenvalue weighted by molar-refractivity contribution is 5.93. The van der Waals surface area contributed by atoms with Crippen LogP contribution < -0.4 is 21.3 Å². The number of rotatable bonds is 4. The van der Waals surface area contributed by atoms with Crippen LogP contribution in [-0.2, 0) is 0 Å². The van der Waals surface area contributed by atoms with Crippen LogP contribution in [0.25, 0.3) is 10.8 Å². The fraction of sp³-hybridized carbons (Fsp3) is 0.333. The Morgan fingerprint density at radius 2 is 1.93 bits per heavy atom. The maximum Gasteiger partial charge on any atom is 0.168 e. The van der Waals surface area contributed by atoms with E-state index in [1.165, 1.54) is 29.5 Å². The summed E-state index contributed by atoms with van der Waals surface area (Å²) in [4.78, 5) is 17.7. The summed E-state index contributed by atoms with van der Waals surface area (Å²) in [5, 5.41) is 8.73. The first-order chi connectivity index (χ1) is 14.7. The maximum absolute atomic E-state index is 10.9. The second-order valence-electron chi connectivity index (χ2n) is 7.80. The van der Waals surface area contributed by atoms with Crippen molar-refractivity contribution in [2.24, 2.45) is 0 Å². The number of anilines is 3. The van der Waals surface area contributed by atoms with Gasteiger partial charge in [0.1, 0.15) is 5.69 Å². The van der Waals surface area contributed by atoms with Gasteiger partial charge < -0.3 is 21.3 Å². The third kappa shape index (κ3) is 4.39. The molecule has 6 heteroatoms. The van der Waals surface area contributed by atoms with Crippen molar-refractivity contribution in [2.75, 3.05) is 49.2 Å². The molecule has 1 aromatic heterocycles. The zero-order valence-corrected chi connectivity index (χ0v) is 17.4. The van der Waals surface area contributed by atoms with Crippen LogP contribution in [0.5, 0.6) is 0 Å². The van der Waals surface area contributed by atoms with Gasteiger partial charge in [-0.2, -0.15) is 0 Å². The lowest BCUT2D eigenvalue weighted by atomic mass is 9.99. The lowest BCUT2D eigenvalue weighted by Gasteiger charge is -2.31. The summed E-state index contributed by atoms with van der Waals surface area (Å²) in [7, 11) is 1.85. The standard InChI is InChI=1S/C17H19N3O.C7H10N2/c21-11-14-9-13-3-4-16(20-7-5-18-6-8-20)17(12-1-2-12)15(13)10-19-14;1-9-7-5-3-2-4-6(7)8/h3-4,9-12,18H,1-2,5-8H2;2-5,9H,8H2,1H3. The van der Waals surface area contributed by atoms with E-state index in [-0.39, 0.29) is 0 Å². The second kappa shape index (κ2) is 9.13. The summed E-state index contributed by atoms with van der Waals surface area (Å²) in [6.45, 7) is 4.21. The largest absolute Gasteiger partial charge is 0.397 e. The number of hydrogen-bond donors (Lipinski definition) is 3. The Morgan fingerprint density at radius 1 is 1.17 bits per heavy atom. The number of para-hydroxylation sites is 2. The molecule has 1 saturated heterocycles. The van der Waals surface area contributed by atoms with Crippen LogP contribution in [0.4, 0.5) is 17.1 Å². The van der Waals surface area contributed by atoms with Crippen LogP contribution in [0.3, 0.4) is 0 Å². The predicted octanol–water partition coefficient (Wildman–Crippen LogP) is 3.64. The number of carbonyl (C=O) groups excluding carboxylic acids is 1. The van der Waals surface area contributed by atoms with Crippen LogP contribution in [0.1, 0.15) is 34.8 Å². The van der Waals surface area contributed by atoms with E-state index in [9.17, 15) is 4.79 Å². The number of aldehydes is 1. The molecule has 0 amide bonds. The quantitative estimate of drug-likeness (QED) is 0.456. The Morgan fingerprint density at radius 3 is 2.57 bits per heavy atom. The smallest absolute Gasteiger partial charge is 0.168 e. The van der Waals surface area contributed by atoms with Crippen molar-refractivity contribution in [1.82, 2.24) is 10.3 Å². The summed E-state index contributed by atoms with van der Waals surface area (Å²) in [6, 6.07) is 13.9. The van der Waals surface area contributed by atoms with E-state index in [0.29, 0.717) is 11.6 Å². The van der Waals surface area contributed by atoms with Gasteiger partial charge in [-0.05, 0) is 54.0 Å². The number of fused-ring (bicyclic) bond motifs is 1. The van der Waals surface area contributed by atoms with E-state index in [1.807, 2.05) is 43.6 Å². The topological polar surface area (TPSA) is 83.3 Å². The van der Waals surface area contributed by atoms with Gasteiger partial charge in [-0.3, -0.25) is 9.78 Å². The van der Waals surface area contributed by atoms with Gasteiger partial charge in [-0.1, -0.05) is 18.2 Å². The number of nitrogen functional groups attached to an aromatic ring is 1. The number of piperazine rings is 1. The third-order valence-corrected chi connectivity index (χ3v) is 5.74. The fourth-order valence-corrected chi connectivity index (χ4v) is 4.02. The highest BCUT2D eigenvalue weighted by atomic mass is 16.1. The molecule has 4 N–H and O–H groups in total. The fourth-order valence-electron chi connectivity index (χ4n) is 4.02. The normalized spacial score (nSPS) is 16.0. The number of nitrogens with two attached hydrogens (primary N) is 1. The molecule has 2 aromatic carbocycles. The second-order valence-corrected chi connectivity index (χ2v) is 7.80. The minimum atomic E-state index is 0.513. The van der Waals surface area contributed by atoms with Gasteiger partial charge >= 0.3 is 0 Å². The molecule has 3 aromatic rings. The molecule has 1 saturated carbocycles. The molecular weight excluding hydrogens is 374 g/mol. The Hall–Kier alpha value is -3.12. The summed E-state index contributed by atoms with van der Waals surface area (Å²) < 4.78 is 0. The first-order valence-electron chi connectivity index (χ1n) is 10.6. The molecule has 30 heavy (non-hydrogen) atoms. The lowest BCUT2D eigenvalue weighted by Crippen LogP contribution is -2.43. The first-order valence-corrected chi connectivity index (χ1v) is 10.6. The Balaban J connectivity index is 0.000000204. The number of benzene rings is 2. The van der Waals surface area contributed by atoms with E-state index in [2.05, 4.69) is 32.7 Å². The molecule has 2 aliphatic rings. The maximum atomic E-state index is 10.9. The molecule has 156 valence electrons. The van der Waals surface area contributed by atoms with Gasteiger partial charge in [0.25, 0.3) is 0 Å². The minimum Gasteiger partial charge on any atom is -0.397 e. The van der Waals surface area contributed by atoms with Crippen molar-refractivity contribution in [3.05, 3.63) is 59.9 Å². The van der Waals surface area contributed by atoms with Crippen molar-refractivity contribution in [2.45, 2.75) is 18.8 Å². The number of pyridine rings is 1. The van der Waals surface area contributed by atoms with Crippen LogP contribution in [0.15, 0.2) is 48.7 Å². The number of carbonyl (C=O) groups is 1. The zero-order chi connectivity index (χ0) is 20.9. The van der Waals surface area contributed by atoms with Gasteiger partial charge in [0.15, 0.2) is 6.29 Å². The number of hydrogen-bond acceptors (Lipinski definition) is 6. The van der Waals surface area contributed by atoms with Gasteiger partial charge in [0, 0.05) is 50.5 Å². The molecule has 1 aliphatic carbocycles. The van der Waals surface area contributed by atoms with E-state index in [0.717, 1.165) is 49.2 Å².